The molecule has 2 saturated carbocycles. The number of para-hydroxylation sites is 2. The molecule has 0 unspecified atom stereocenters. The number of hydrogen-bond acceptors (Lipinski definition) is 2. The van der Waals surface area contributed by atoms with Crippen molar-refractivity contribution in [3.63, 3.8) is 0 Å². The van der Waals surface area contributed by atoms with Crippen LogP contribution in [0.1, 0.15) is 51.4 Å². The van der Waals surface area contributed by atoms with Crippen molar-refractivity contribution < 1.29 is 9.59 Å². The lowest BCUT2D eigenvalue weighted by molar-refractivity contribution is -0.120. The maximum absolute atomic E-state index is 12.3. The summed E-state index contributed by atoms with van der Waals surface area (Å²) in [6.45, 7) is 0. The standard InChI is InChI=1S/C18H24N2O2/c21-17(13-7-1-2-8-13)19-15-11-5-6-12-16(15)20-18(22)14-9-3-4-10-14/h5-6,11-14H,1-4,7-10H2,(H,19,21)(H,20,22). The molecule has 2 N–H and O–H groups in total. The third-order valence-corrected chi connectivity index (χ3v) is 4.89. The summed E-state index contributed by atoms with van der Waals surface area (Å²) in [5.74, 6) is 0.414. The lowest BCUT2D eigenvalue weighted by atomic mass is 10.1. The number of benzene rings is 1. The summed E-state index contributed by atoms with van der Waals surface area (Å²) >= 11 is 0. The first-order chi connectivity index (χ1) is 10.7. The van der Waals surface area contributed by atoms with Crippen molar-refractivity contribution in [2.45, 2.75) is 51.4 Å². The zero-order valence-corrected chi connectivity index (χ0v) is 12.9. The number of amides is 2. The van der Waals surface area contributed by atoms with Crippen LogP contribution in [0.5, 0.6) is 0 Å². The molecule has 0 aromatic heterocycles. The van der Waals surface area contributed by atoms with Gasteiger partial charge in [0.15, 0.2) is 0 Å². The molecule has 4 nitrogen and oxygen atoms in total. The second-order valence-corrected chi connectivity index (χ2v) is 6.49. The lowest BCUT2D eigenvalue weighted by Gasteiger charge is -2.16. The van der Waals surface area contributed by atoms with Crippen LogP contribution in [0.3, 0.4) is 0 Å². The summed E-state index contributed by atoms with van der Waals surface area (Å²) < 4.78 is 0. The summed E-state index contributed by atoms with van der Waals surface area (Å²) in [6, 6.07) is 7.49. The first-order valence-corrected chi connectivity index (χ1v) is 8.45. The predicted octanol–water partition coefficient (Wildman–Crippen LogP) is 3.94. The molecule has 2 aliphatic rings. The van der Waals surface area contributed by atoms with E-state index in [-0.39, 0.29) is 23.7 Å². The molecule has 0 spiro atoms. The van der Waals surface area contributed by atoms with Crippen LogP contribution >= 0.6 is 0 Å². The maximum Gasteiger partial charge on any atom is 0.227 e. The molecule has 1 aromatic rings. The van der Waals surface area contributed by atoms with Crippen molar-refractivity contribution in [2.24, 2.45) is 11.8 Å². The van der Waals surface area contributed by atoms with Crippen LogP contribution in [-0.4, -0.2) is 11.8 Å². The van der Waals surface area contributed by atoms with E-state index in [9.17, 15) is 9.59 Å². The average Bonchev–Trinajstić information content (AvgIpc) is 3.23. The topological polar surface area (TPSA) is 58.2 Å². The van der Waals surface area contributed by atoms with E-state index >= 15 is 0 Å². The first-order valence-electron chi connectivity index (χ1n) is 8.45. The molecule has 0 saturated heterocycles. The molecule has 1 aromatic carbocycles. The second kappa shape index (κ2) is 6.95. The minimum Gasteiger partial charge on any atom is -0.324 e. The number of carbonyl (C=O) groups is 2. The van der Waals surface area contributed by atoms with Gasteiger partial charge >= 0.3 is 0 Å². The minimum atomic E-state index is 0.0834. The first kappa shape index (κ1) is 15.1. The molecule has 118 valence electrons. The predicted molar refractivity (Wildman–Crippen MR) is 87.6 cm³/mol. The highest BCUT2D eigenvalue weighted by Crippen LogP contribution is 2.30. The Morgan fingerprint density at radius 2 is 1.09 bits per heavy atom. The van der Waals surface area contributed by atoms with E-state index in [0.29, 0.717) is 11.4 Å². The van der Waals surface area contributed by atoms with Gasteiger partial charge in [0, 0.05) is 11.8 Å². The molecule has 2 amide bonds. The molecule has 4 heteroatoms. The van der Waals surface area contributed by atoms with Crippen LogP contribution in [0.25, 0.3) is 0 Å². The fourth-order valence-electron chi connectivity index (χ4n) is 3.55. The van der Waals surface area contributed by atoms with E-state index < -0.39 is 0 Å². The van der Waals surface area contributed by atoms with Gasteiger partial charge in [-0.05, 0) is 37.8 Å². The Bertz CT molecular complexity index is 495. The van der Waals surface area contributed by atoms with Gasteiger partial charge in [-0.25, -0.2) is 0 Å². The Balaban J connectivity index is 1.66. The molecule has 0 radical (unpaired) electrons. The van der Waals surface area contributed by atoms with Crippen molar-refractivity contribution in [1.29, 1.82) is 0 Å². The Kier molecular flexibility index (Phi) is 4.76. The van der Waals surface area contributed by atoms with Crippen LogP contribution in [0, 0.1) is 11.8 Å². The van der Waals surface area contributed by atoms with Gasteiger partial charge in [0.05, 0.1) is 11.4 Å². The Morgan fingerprint density at radius 3 is 1.45 bits per heavy atom. The number of carbonyl (C=O) groups excluding carboxylic acids is 2. The Morgan fingerprint density at radius 1 is 0.727 bits per heavy atom. The van der Waals surface area contributed by atoms with Crippen LogP contribution in [0.4, 0.5) is 11.4 Å². The zero-order chi connectivity index (χ0) is 15.4. The molecule has 2 aliphatic carbocycles. The van der Waals surface area contributed by atoms with Crippen molar-refractivity contribution in [2.75, 3.05) is 10.6 Å². The van der Waals surface area contributed by atoms with Gasteiger partial charge in [-0.1, -0.05) is 37.8 Å². The molecule has 0 aliphatic heterocycles. The fraction of sp³-hybridized carbons (Fsp3) is 0.556. The van der Waals surface area contributed by atoms with Gasteiger partial charge in [-0.3, -0.25) is 9.59 Å². The van der Waals surface area contributed by atoms with Gasteiger partial charge < -0.3 is 10.6 Å². The van der Waals surface area contributed by atoms with E-state index in [2.05, 4.69) is 10.6 Å². The summed E-state index contributed by atoms with van der Waals surface area (Å²) in [5.41, 5.74) is 1.43. The molecular weight excluding hydrogens is 276 g/mol. The monoisotopic (exact) mass is 300 g/mol. The maximum atomic E-state index is 12.3. The molecule has 22 heavy (non-hydrogen) atoms. The average molecular weight is 300 g/mol. The second-order valence-electron chi connectivity index (χ2n) is 6.49. The quantitative estimate of drug-likeness (QED) is 0.884. The molecule has 0 atom stereocenters. The highest BCUT2D eigenvalue weighted by Gasteiger charge is 2.25. The highest BCUT2D eigenvalue weighted by molar-refractivity contribution is 6.00. The van der Waals surface area contributed by atoms with Crippen molar-refractivity contribution in [3.8, 4) is 0 Å². The van der Waals surface area contributed by atoms with Crippen LogP contribution < -0.4 is 10.6 Å². The Labute approximate surface area is 131 Å². The van der Waals surface area contributed by atoms with E-state index in [0.717, 1.165) is 51.4 Å². The third kappa shape index (κ3) is 3.49. The SMILES string of the molecule is O=C(Nc1ccccc1NC(=O)C1CCCC1)C1CCCC1. The summed E-state index contributed by atoms with van der Waals surface area (Å²) in [7, 11) is 0. The number of anilines is 2. The van der Waals surface area contributed by atoms with E-state index in [1.807, 2.05) is 24.3 Å². The van der Waals surface area contributed by atoms with Gasteiger partial charge in [0.2, 0.25) is 11.8 Å². The summed E-state index contributed by atoms with van der Waals surface area (Å²) in [4.78, 5) is 24.6. The van der Waals surface area contributed by atoms with Gasteiger partial charge in [0.1, 0.15) is 0 Å². The molecule has 3 rings (SSSR count). The minimum absolute atomic E-state index is 0.0834. The largest absolute Gasteiger partial charge is 0.324 e. The smallest absolute Gasteiger partial charge is 0.227 e. The van der Waals surface area contributed by atoms with Crippen LogP contribution in [-0.2, 0) is 9.59 Å². The normalized spacial score (nSPS) is 19.3. The zero-order valence-electron chi connectivity index (χ0n) is 12.9. The summed E-state index contributed by atoms with van der Waals surface area (Å²) in [5, 5.41) is 5.99. The van der Waals surface area contributed by atoms with E-state index in [1.54, 1.807) is 0 Å². The number of hydrogen-bond donors (Lipinski definition) is 2. The van der Waals surface area contributed by atoms with Gasteiger partial charge in [0.25, 0.3) is 0 Å². The molecule has 0 heterocycles. The van der Waals surface area contributed by atoms with Crippen molar-refractivity contribution in [3.05, 3.63) is 24.3 Å². The fourth-order valence-corrected chi connectivity index (χ4v) is 3.55. The third-order valence-electron chi connectivity index (χ3n) is 4.89. The van der Waals surface area contributed by atoms with Crippen molar-refractivity contribution >= 4 is 23.2 Å². The number of nitrogens with one attached hydrogen (secondary N) is 2. The van der Waals surface area contributed by atoms with Gasteiger partial charge in [-0.15, -0.1) is 0 Å². The van der Waals surface area contributed by atoms with E-state index in [4.69, 9.17) is 0 Å². The van der Waals surface area contributed by atoms with Crippen molar-refractivity contribution in [1.82, 2.24) is 0 Å². The highest BCUT2D eigenvalue weighted by atomic mass is 16.2. The number of rotatable bonds is 4. The molecule has 0 bridgehead atoms. The van der Waals surface area contributed by atoms with E-state index in [1.165, 1.54) is 0 Å². The van der Waals surface area contributed by atoms with Crippen LogP contribution in [0.2, 0.25) is 0 Å². The molecular formula is C18H24N2O2. The van der Waals surface area contributed by atoms with Crippen LogP contribution in [0.15, 0.2) is 24.3 Å². The van der Waals surface area contributed by atoms with Gasteiger partial charge in [-0.2, -0.15) is 0 Å². The lowest BCUT2D eigenvalue weighted by Crippen LogP contribution is -2.24. The Hall–Kier alpha value is -1.84. The molecule has 2 fully saturated rings. The summed E-state index contributed by atoms with van der Waals surface area (Å²) in [6.07, 6.45) is 8.45.